The van der Waals surface area contributed by atoms with Crippen LogP contribution in [0, 0.1) is 6.92 Å². The molecule has 0 spiro atoms. The molecule has 1 saturated carbocycles. The van der Waals surface area contributed by atoms with Gasteiger partial charge in [0, 0.05) is 41.4 Å². The van der Waals surface area contributed by atoms with Crippen molar-refractivity contribution in [3.63, 3.8) is 0 Å². The summed E-state index contributed by atoms with van der Waals surface area (Å²) in [6.07, 6.45) is 5.19. The minimum atomic E-state index is -0.594. The van der Waals surface area contributed by atoms with E-state index in [0.717, 1.165) is 41.3 Å². The van der Waals surface area contributed by atoms with Crippen molar-refractivity contribution in [3.8, 4) is 5.75 Å². The maximum atomic E-state index is 12.7. The second kappa shape index (κ2) is 7.60. The van der Waals surface area contributed by atoms with E-state index < -0.39 is 11.5 Å². The Morgan fingerprint density at radius 1 is 1.33 bits per heavy atom. The van der Waals surface area contributed by atoms with Crippen LogP contribution in [0.4, 0.5) is 5.69 Å². The van der Waals surface area contributed by atoms with Gasteiger partial charge in [-0.05, 0) is 44.7 Å². The number of ether oxygens (including phenoxy) is 1. The van der Waals surface area contributed by atoms with Crippen LogP contribution >= 0.6 is 0 Å². The Balaban J connectivity index is 1.62. The number of nitrogens with one attached hydrogen (secondary N) is 1. The number of aromatic nitrogens is 3. The fourth-order valence-electron chi connectivity index (χ4n) is 3.98. The van der Waals surface area contributed by atoms with Crippen LogP contribution in [-0.4, -0.2) is 38.7 Å². The van der Waals surface area contributed by atoms with E-state index in [9.17, 15) is 15.1 Å². The molecule has 3 N–H and O–H groups in total. The van der Waals surface area contributed by atoms with E-state index in [-0.39, 0.29) is 11.7 Å². The molecule has 0 unspecified atom stereocenters. The third kappa shape index (κ3) is 3.82. The van der Waals surface area contributed by atoms with E-state index in [4.69, 9.17) is 9.84 Å². The summed E-state index contributed by atoms with van der Waals surface area (Å²) in [4.78, 5) is 12.7. The Hall–Kier alpha value is -3.13. The van der Waals surface area contributed by atoms with Crippen LogP contribution in [0.2, 0.25) is 0 Å². The molecule has 2 aromatic heterocycles. The molecule has 1 fully saturated rings. The average Bonchev–Trinajstić information content (AvgIpc) is 3.12. The van der Waals surface area contributed by atoms with Crippen LogP contribution < -0.4 is 14.8 Å². The van der Waals surface area contributed by atoms with Crippen LogP contribution in [0.3, 0.4) is 0 Å². The van der Waals surface area contributed by atoms with Crippen molar-refractivity contribution >= 4 is 22.5 Å². The number of carbonyl (C=O) groups is 1. The van der Waals surface area contributed by atoms with Gasteiger partial charge in [-0.3, -0.25) is 14.7 Å². The predicted octanol–water partition coefficient (Wildman–Crippen LogP) is 3.00. The Labute approximate surface area is 174 Å². The first-order valence-corrected chi connectivity index (χ1v) is 10.1. The normalized spacial score (nSPS) is 21.5. The maximum absolute atomic E-state index is 12.7. The molecule has 4 rings (SSSR count). The molecule has 1 aromatic carbocycles. The third-order valence-electron chi connectivity index (χ3n) is 5.88. The zero-order valence-electron chi connectivity index (χ0n) is 17.4. The number of amides is 1. The fraction of sp³-hybridized carbons (Fsp3) is 0.409. The Kier molecular flexibility index (Phi) is 5.11. The van der Waals surface area contributed by atoms with Crippen LogP contribution in [0.25, 0.3) is 10.9 Å². The largest absolute Gasteiger partial charge is 0.494 e. The van der Waals surface area contributed by atoms with Crippen molar-refractivity contribution in [3.05, 3.63) is 47.9 Å². The molecular formula is C22H27N4O4+. The number of fused-ring (bicyclic) bond motifs is 1. The van der Waals surface area contributed by atoms with Crippen molar-refractivity contribution in [2.75, 3.05) is 12.4 Å². The first-order valence-electron chi connectivity index (χ1n) is 10.1. The molecule has 0 radical (unpaired) electrons. The number of nitrogens with zero attached hydrogens (tertiary/aromatic N) is 3. The summed E-state index contributed by atoms with van der Waals surface area (Å²) in [5.74, 6) is 0.0468. The van der Waals surface area contributed by atoms with Crippen molar-refractivity contribution in [1.82, 2.24) is 9.78 Å². The molecule has 158 valence electrons. The number of pyridine rings is 1. The number of benzene rings is 1. The highest BCUT2D eigenvalue weighted by atomic mass is 16.5. The van der Waals surface area contributed by atoms with Gasteiger partial charge in [0.1, 0.15) is 5.75 Å². The van der Waals surface area contributed by atoms with Gasteiger partial charge in [0.15, 0.2) is 0 Å². The molecule has 8 heteroatoms. The van der Waals surface area contributed by atoms with Gasteiger partial charge in [-0.1, -0.05) is 0 Å². The van der Waals surface area contributed by atoms with Crippen molar-refractivity contribution in [2.24, 2.45) is 0 Å². The van der Waals surface area contributed by atoms with E-state index in [2.05, 4.69) is 5.32 Å². The molecule has 0 atom stereocenters. The summed E-state index contributed by atoms with van der Waals surface area (Å²) in [6, 6.07) is 8.83. The standard InChI is InChI=1S/C22H26N4O4/c1-14-5-4-6-19(26(14)29)21(27)23-18-11-15-13-25(24-17(15)12-20(18)30-3)16-7-9-22(2,28)10-8-16/h4-6,11-13,16,28H,7-10H2,1-3H3,(H-,23,27,29)/p+1/t16-,22-. The monoisotopic (exact) mass is 411 g/mol. The molecule has 3 aromatic rings. The SMILES string of the molecule is COc1cc2nn([C@H]3CC[C@](C)(O)CC3)cc2cc1NC(=O)c1cccc(C)[n+]1O. The van der Waals surface area contributed by atoms with Crippen molar-refractivity contribution in [1.29, 1.82) is 0 Å². The minimum Gasteiger partial charge on any atom is -0.494 e. The molecule has 8 nitrogen and oxygen atoms in total. The van der Waals surface area contributed by atoms with E-state index in [0.29, 0.717) is 17.1 Å². The van der Waals surface area contributed by atoms with Gasteiger partial charge in [0.25, 0.3) is 0 Å². The lowest BCUT2D eigenvalue weighted by Gasteiger charge is -2.33. The summed E-state index contributed by atoms with van der Waals surface area (Å²) in [5.41, 5.74) is 1.36. The maximum Gasteiger partial charge on any atom is 0.325 e. The first kappa shape index (κ1) is 20.2. The number of anilines is 1. The number of aryl methyl sites for hydroxylation is 1. The van der Waals surface area contributed by atoms with Gasteiger partial charge in [0.05, 0.1) is 30.0 Å². The van der Waals surface area contributed by atoms with Crippen LogP contribution in [0.15, 0.2) is 36.5 Å². The lowest BCUT2D eigenvalue weighted by molar-refractivity contribution is -0.909. The van der Waals surface area contributed by atoms with E-state index in [1.165, 1.54) is 7.11 Å². The van der Waals surface area contributed by atoms with Gasteiger partial charge in [-0.2, -0.15) is 5.10 Å². The Bertz CT molecular complexity index is 1100. The summed E-state index contributed by atoms with van der Waals surface area (Å²) < 4.78 is 8.27. The van der Waals surface area contributed by atoms with Crippen molar-refractivity contribution < 1.29 is 24.6 Å². The number of carbonyl (C=O) groups excluding carboxylic acids is 1. The number of hydrogen-bond donors (Lipinski definition) is 3. The third-order valence-corrected chi connectivity index (χ3v) is 5.88. The fourth-order valence-corrected chi connectivity index (χ4v) is 3.98. The van der Waals surface area contributed by atoms with Gasteiger partial charge >= 0.3 is 11.6 Å². The molecule has 2 heterocycles. The second-order valence-corrected chi connectivity index (χ2v) is 8.27. The molecule has 1 amide bonds. The van der Waals surface area contributed by atoms with E-state index >= 15 is 0 Å². The smallest absolute Gasteiger partial charge is 0.325 e. The predicted molar refractivity (Wildman–Crippen MR) is 111 cm³/mol. The zero-order valence-corrected chi connectivity index (χ0v) is 17.4. The summed E-state index contributed by atoms with van der Waals surface area (Å²) in [7, 11) is 1.54. The number of methoxy groups -OCH3 is 1. The highest BCUT2D eigenvalue weighted by Crippen LogP contribution is 2.36. The van der Waals surface area contributed by atoms with Crippen LogP contribution in [0.1, 0.15) is 54.8 Å². The summed E-state index contributed by atoms with van der Waals surface area (Å²) in [6.45, 7) is 3.59. The molecular weight excluding hydrogens is 384 g/mol. The first-order chi connectivity index (χ1) is 14.3. The zero-order chi connectivity index (χ0) is 21.5. The molecule has 1 aliphatic carbocycles. The Morgan fingerprint density at radius 3 is 2.77 bits per heavy atom. The molecule has 0 saturated heterocycles. The highest BCUT2D eigenvalue weighted by molar-refractivity contribution is 6.04. The quantitative estimate of drug-likeness (QED) is 0.453. The average molecular weight is 411 g/mol. The van der Waals surface area contributed by atoms with Gasteiger partial charge < -0.3 is 15.2 Å². The molecule has 1 aliphatic rings. The molecule has 0 bridgehead atoms. The van der Waals surface area contributed by atoms with E-state index in [1.807, 2.05) is 23.9 Å². The number of aliphatic hydroxyl groups is 1. The molecule has 0 aliphatic heterocycles. The van der Waals surface area contributed by atoms with Crippen LogP contribution in [0.5, 0.6) is 5.75 Å². The minimum absolute atomic E-state index is 0.127. The number of rotatable bonds is 4. The Morgan fingerprint density at radius 2 is 2.07 bits per heavy atom. The second-order valence-electron chi connectivity index (χ2n) is 8.27. The lowest BCUT2D eigenvalue weighted by Crippen LogP contribution is -2.42. The van der Waals surface area contributed by atoms with E-state index in [1.54, 1.807) is 31.2 Å². The number of hydrogen-bond acceptors (Lipinski definition) is 5. The molecule has 30 heavy (non-hydrogen) atoms. The highest BCUT2D eigenvalue weighted by Gasteiger charge is 2.30. The summed E-state index contributed by atoms with van der Waals surface area (Å²) in [5, 5.41) is 28.7. The van der Waals surface area contributed by atoms with Gasteiger partial charge in [-0.25, -0.2) is 0 Å². The van der Waals surface area contributed by atoms with Crippen LogP contribution in [-0.2, 0) is 0 Å². The van der Waals surface area contributed by atoms with Gasteiger partial charge in [0.2, 0.25) is 5.69 Å². The van der Waals surface area contributed by atoms with Crippen molar-refractivity contribution in [2.45, 2.75) is 51.2 Å². The lowest BCUT2D eigenvalue weighted by atomic mass is 9.84. The summed E-state index contributed by atoms with van der Waals surface area (Å²) >= 11 is 0. The van der Waals surface area contributed by atoms with Gasteiger partial charge in [-0.15, -0.1) is 0 Å². The topological polar surface area (TPSA) is 100 Å².